The zero-order valence-corrected chi connectivity index (χ0v) is 8.81. The van der Waals surface area contributed by atoms with Crippen molar-refractivity contribution in [3.63, 3.8) is 0 Å². The Bertz CT molecular complexity index is 426. The molecule has 0 amide bonds. The summed E-state index contributed by atoms with van der Waals surface area (Å²) in [6, 6.07) is 1.80. The van der Waals surface area contributed by atoms with Crippen molar-refractivity contribution in [3.05, 3.63) is 21.6 Å². The molecule has 0 fully saturated rings. The molecule has 14 heavy (non-hydrogen) atoms. The number of aromatic nitrogens is 2. The Morgan fingerprint density at radius 3 is 3.07 bits per heavy atom. The van der Waals surface area contributed by atoms with Crippen LogP contribution in [-0.2, 0) is 6.42 Å². The summed E-state index contributed by atoms with van der Waals surface area (Å²) in [6.07, 6.45) is 0.626. The number of nitrogens with zero attached hydrogens (tertiary/aromatic N) is 2. The van der Waals surface area contributed by atoms with Crippen LogP contribution >= 0.6 is 22.9 Å². The second kappa shape index (κ2) is 4.08. The van der Waals surface area contributed by atoms with E-state index in [4.69, 9.17) is 21.9 Å². The maximum Gasteiger partial charge on any atom is 0.258 e. The van der Waals surface area contributed by atoms with Gasteiger partial charge in [0, 0.05) is 11.8 Å². The Balaban J connectivity index is 2.24. The fraction of sp³-hybridized carbons (Fsp3) is 0.250. The fourth-order valence-corrected chi connectivity index (χ4v) is 1.88. The first-order valence-electron chi connectivity index (χ1n) is 4.06. The zero-order valence-electron chi connectivity index (χ0n) is 7.24. The lowest BCUT2D eigenvalue weighted by molar-refractivity contribution is 0.423. The van der Waals surface area contributed by atoms with Gasteiger partial charge in [-0.3, -0.25) is 0 Å². The molecule has 0 aliphatic heterocycles. The van der Waals surface area contributed by atoms with Crippen LogP contribution in [0.25, 0.3) is 11.5 Å². The smallest absolute Gasteiger partial charge is 0.258 e. The SMILES string of the molecule is NCCc1noc(-c2csc(Cl)c2)n1. The van der Waals surface area contributed by atoms with Gasteiger partial charge in [-0.1, -0.05) is 16.8 Å². The second-order valence-electron chi connectivity index (χ2n) is 2.69. The zero-order chi connectivity index (χ0) is 9.97. The lowest BCUT2D eigenvalue weighted by Crippen LogP contribution is -2.03. The summed E-state index contributed by atoms with van der Waals surface area (Å²) in [5, 5.41) is 5.66. The van der Waals surface area contributed by atoms with Crippen molar-refractivity contribution in [2.45, 2.75) is 6.42 Å². The summed E-state index contributed by atoms with van der Waals surface area (Å²) < 4.78 is 5.75. The Labute approximate surface area is 89.7 Å². The van der Waals surface area contributed by atoms with E-state index in [2.05, 4.69) is 10.1 Å². The third-order valence-corrected chi connectivity index (χ3v) is 2.74. The highest BCUT2D eigenvalue weighted by Gasteiger charge is 2.09. The molecule has 74 valence electrons. The third kappa shape index (κ3) is 1.95. The minimum atomic E-state index is 0.497. The van der Waals surface area contributed by atoms with Crippen LogP contribution in [0.4, 0.5) is 0 Å². The van der Waals surface area contributed by atoms with Crippen molar-refractivity contribution >= 4 is 22.9 Å². The van der Waals surface area contributed by atoms with Crippen LogP contribution in [0.1, 0.15) is 5.82 Å². The summed E-state index contributed by atoms with van der Waals surface area (Å²) in [7, 11) is 0. The summed E-state index contributed by atoms with van der Waals surface area (Å²) in [5.41, 5.74) is 6.23. The van der Waals surface area contributed by atoms with Crippen molar-refractivity contribution in [2.75, 3.05) is 6.54 Å². The number of hydrogen-bond acceptors (Lipinski definition) is 5. The molecule has 0 saturated heterocycles. The van der Waals surface area contributed by atoms with Crippen LogP contribution in [-0.4, -0.2) is 16.7 Å². The second-order valence-corrected chi connectivity index (χ2v) is 4.24. The fourth-order valence-electron chi connectivity index (χ4n) is 1.02. The topological polar surface area (TPSA) is 64.9 Å². The van der Waals surface area contributed by atoms with E-state index < -0.39 is 0 Å². The van der Waals surface area contributed by atoms with Gasteiger partial charge in [0.2, 0.25) is 0 Å². The molecule has 0 aliphatic rings. The van der Waals surface area contributed by atoms with E-state index >= 15 is 0 Å². The van der Waals surface area contributed by atoms with Crippen LogP contribution in [0.3, 0.4) is 0 Å². The maximum absolute atomic E-state index is 5.79. The standard InChI is InChI=1S/C8H8ClN3OS/c9-6-3-5(4-14-6)8-11-7(1-2-10)12-13-8/h3-4H,1-2,10H2. The van der Waals surface area contributed by atoms with Crippen molar-refractivity contribution in [1.29, 1.82) is 0 Å². The molecule has 0 spiro atoms. The van der Waals surface area contributed by atoms with E-state index in [1.165, 1.54) is 11.3 Å². The van der Waals surface area contributed by atoms with Gasteiger partial charge in [-0.25, -0.2) is 0 Å². The number of halogens is 1. The lowest BCUT2D eigenvalue weighted by atomic mass is 10.3. The summed E-state index contributed by atoms with van der Waals surface area (Å²) in [5.74, 6) is 1.13. The quantitative estimate of drug-likeness (QED) is 0.874. The van der Waals surface area contributed by atoms with Crippen molar-refractivity contribution < 1.29 is 4.52 Å². The highest BCUT2D eigenvalue weighted by Crippen LogP contribution is 2.27. The van der Waals surface area contributed by atoms with Crippen molar-refractivity contribution in [1.82, 2.24) is 10.1 Å². The molecule has 2 N–H and O–H groups in total. The first-order chi connectivity index (χ1) is 6.79. The molecule has 6 heteroatoms. The summed E-state index contributed by atoms with van der Waals surface area (Å²) in [6.45, 7) is 0.517. The van der Waals surface area contributed by atoms with E-state index in [-0.39, 0.29) is 0 Å². The molecular weight excluding hydrogens is 222 g/mol. The predicted octanol–water partition coefficient (Wildman–Crippen LogP) is 1.95. The molecule has 0 atom stereocenters. The molecule has 0 saturated carbocycles. The van der Waals surface area contributed by atoms with Gasteiger partial charge in [0.25, 0.3) is 5.89 Å². The van der Waals surface area contributed by atoms with Gasteiger partial charge in [-0.05, 0) is 12.6 Å². The van der Waals surface area contributed by atoms with E-state index in [0.717, 1.165) is 5.56 Å². The van der Waals surface area contributed by atoms with Crippen LogP contribution in [0.2, 0.25) is 4.34 Å². The molecule has 0 radical (unpaired) electrons. The first-order valence-corrected chi connectivity index (χ1v) is 5.32. The number of rotatable bonds is 3. The third-order valence-electron chi connectivity index (χ3n) is 1.65. The molecular formula is C8H8ClN3OS. The molecule has 0 bridgehead atoms. The van der Waals surface area contributed by atoms with E-state index in [0.29, 0.717) is 29.0 Å². The Hall–Kier alpha value is -0.910. The monoisotopic (exact) mass is 229 g/mol. The van der Waals surface area contributed by atoms with Gasteiger partial charge >= 0.3 is 0 Å². The minimum Gasteiger partial charge on any atom is -0.334 e. The summed E-state index contributed by atoms with van der Waals surface area (Å²) >= 11 is 7.22. The highest BCUT2D eigenvalue weighted by atomic mass is 35.5. The van der Waals surface area contributed by atoms with Crippen LogP contribution in [0.5, 0.6) is 0 Å². The van der Waals surface area contributed by atoms with Gasteiger partial charge in [0.15, 0.2) is 5.82 Å². The molecule has 2 rings (SSSR count). The van der Waals surface area contributed by atoms with Crippen molar-refractivity contribution in [3.8, 4) is 11.5 Å². The molecule has 2 heterocycles. The minimum absolute atomic E-state index is 0.497. The Morgan fingerprint density at radius 2 is 2.43 bits per heavy atom. The Kier molecular flexibility index (Phi) is 2.81. The number of nitrogens with two attached hydrogens (primary N) is 1. The average Bonchev–Trinajstić information content (AvgIpc) is 2.74. The molecule has 0 unspecified atom stereocenters. The molecule has 2 aromatic heterocycles. The molecule has 0 aliphatic carbocycles. The molecule has 2 aromatic rings. The van der Waals surface area contributed by atoms with Crippen LogP contribution in [0, 0.1) is 0 Å². The molecule has 0 aromatic carbocycles. The van der Waals surface area contributed by atoms with Crippen molar-refractivity contribution in [2.24, 2.45) is 5.73 Å². The maximum atomic E-state index is 5.79. The summed E-state index contributed by atoms with van der Waals surface area (Å²) in [4.78, 5) is 4.17. The van der Waals surface area contributed by atoms with E-state index in [1.54, 1.807) is 6.07 Å². The Morgan fingerprint density at radius 1 is 1.57 bits per heavy atom. The van der Waals surface area contributed by atoms with Gasteiger partial charge < -0.3 is 10.3 Å². The normalized spacial score (nSPS) is 10.7. The van der Waals surface area contributed by atoms with E-state index in [1.807, 2.05) is 5.38 Å². The first kappa shape index (κ1) is 9.64. The largest absolute Gasteiger partial charge is 0.334 e. The average molecular weight is 230 g/mol. The lowest BCUT2D eigenvalue weighted by Gasteiger charge is -1.84. The molecule has 4 nitrogen and oxygen atoms in total. The van der Waals surface area contributed by atoms with Crippen LogP contribution in [0.15, 0.2) is 16.0 Å². The number of thiophene rings is 1. The van der Waals surface area contributed by atoms with E-state index in [9.17, 15) is 0 Å². The number of hydrogen-bond donors (Lipinski definition) is 1. The van der Waals surface area contributed by atoms with Gasteiger partial charge in [0.05, 0.1) is 9.90 Å². The van der Waals surface area contributed by atoms with Gasteiger partial charge in [-0.15, -0.1) is 11.3 Å². The highest BCUT2D eigenvalue weighted by molar-refractivity contribution is 7.14. The van der Waals surface area contributed by atoms with Crippen LogP contribution < -0.4 is 5.73 Å². The van der Waals surface area contributed by atoms with Gasteiger partial charge in [-0.2, -0.15) is 4.98 Å². The van der Waals surface area contributed by atoms with Gasteiger partial charge in [0.1, 0.15) is 0 Å². The predicted molar refractivity (Wildman–Crippen MR) is 55.4 cm³/mol.